The van der Waals surface area contributed by atoms with Gasteiger partial charge in [-0.15, -0.1) is 0 Å². The smallest absolute Gasteiger partial charge is 0.277 e. The molecule has 0 aliphatic carbocycles. The number of carbonyl (C=O) groups is 1. The minimum absolute atomic E-state index is 0.0166. The predicted octanol–water partition coefficient (Wildman–Crippen LogP) is 3.99. The highest BCUT2D eigenvalue weighted by Crippen LogP contribution is 2.45. The van der Waals surface area contributed by atoms with E-state index in [0.29, 0.717) is 11.6 Å². The van der Waals surface area contributed by atoms with E-state index in [2.05, 4.69) is 42.1 Å². The van der Waals surface area contributed by atoms with Crippen molar-refractivity contribution in [2.45, 2.75) is 25.3 Å². The zero-order valence-electron chi connectivity index (χ0n) is 15.7. The van der Waals surface area contributed by atoms with Crippen LogP contribution in [0.15, 0.2) is 54.6 Å². The van der Waals surface area contributed by atoms with Crippen molar-refractivity contribution >= 4 is 22.5 Å². The number of likely N-dealkylation sites (N-methyl/N-ethyl adjacent to an activating group) is 1. The van der Waals surface area contributed by atoms with Crippen molar-refractivity contribution in [1.29, 1.82) is 0 Å². The van der Waals surface area contributed by atoms with Crippen molar-refractivity contribution in [3.63, 3.8) is 0 Å². The summed E-state index contributed by atoms with van der Waals surface area (Å²) in [6, 6.07) is 18.5. The van der Waals surface area contributed by atoms with Gasteiger partial charge in [0.25, 0.3) is 5.91 Å². The van der Waals surface area contributed by atoms with Gasteiger partial charge >= 0.3 is 0 Å². The molecule has 0 unspecified atom stereocenters. The van der Waals surface area contributed by atoms with Crippen LogP contribution in [0.4, 0.5) is 5.69 Å². The lowest BCUT2D eigenvalue weighted by Gasteiger charge is -2.36. The highest BCUT2D eigenvalue weighted by Gasteiger charge is 2.44. The van der Waals surface area contributed by atoms with Gasteiger partial charge in [0.15, 0.2) is 0 Å². The average Bonchev–Trinajstić information content (AvgIpc) is 3.00. The molecular formula is C23H23N3O. The normalized spacial score (nSPS) is 21.9. The van der Waals surface area contributed by atoms with Gasteiger partial charge in [-0.05, 0) is 50.7 Å². The van der Waals surface area contributed by atoms with E-state index >= 15 is 0 Å². The summed E-state index contributed by atoms with van der Waals surface area (Å²) < 4.78 is 0. The van der Waals surface area contributed by atoms with Crippen molar-refractivity contribution in [1.82, 2.24) is 9.88 Å². The lowest BCUT2D eigenvalue weighted by Crippen LogP contribution is -2.47. The van der Waals surface area contributed by atoms with Crippen LogP contribution in [0, 0.1) is 6.92 Å². The Morgan fingerprint density at radius 1 is 1.11 bits per heavy atom. The number of rotatable bonds is 1. The number of benzene rings is 2. The molecular weight excluding hydrogens is 334 g/mol. The van der Waals surface area contributed by atoms with Gasteiger partial charge in [-0.3, -0.25) is 4.79 Å². The molecule has 0 N–H and O–H groups in total. The molecule has 5 rings (SSSR count). The number of aromatic nitrogens is 1. The molecule has 2 aliphatic rings. The molecule has 1 amide bonds. The van der Waals surface area contributed by atoms with Gasteiger partial charge in [-0.1, -0.05) is 42.0 Å². The highest BCUT2D eigenvalue weighted by molar-refractivity contribution is 6.07. The topological polar surface area (TPSA) is 36.4 Å². The van der Waals surface area contributed by atoms with Crippen LogP contribution in [0.5, 0.6) is 0 Å². The molecule has 1 aromatic heterocycles. The number of piperidine rings is 1. The Balaban J connectivity index is 1.59. The van der Waals surface area contributed by atoms with Crippen molar-refractivity contribution in [2.24, 2.45) is 0 Å². The largest absolute Gasteiger partial charge is 0.306 e. The fraction of sp³-hybridized carbons (Fsp3) is 0.304. The van der Waals surface area contributed by atoms with Gasteiger partial charge in [0.2, 0.25) is 0 Å². The van der Waals surface area contributed by atoms with E-state index in [-0.39, 0.29) is 11.9 Å². The first-order valence-corrected chi connectivity index (χ1v) is 9.60. The molecule has 1 saturated heterocycles. The first-order chi connectivity index (χ1) is 13.1. The van der Waals surface area contributed by atoms with Gasteiger partial charge < -0.3 is 9.80 Å². The molecule has 27 heavy (non-hydrogen) atoms. The minimum Gasteiger partial charge on any atom is -0.306 e. The van der Waals surface area contributed by atoms with Crippen molar-refractivity contribution < 1.29 is 4.79 Å². The van der Waals surface area contributed by atoms with Gasteiger partial charge in [-0.25, -0.2) is 4.98 Å². The van der Waals surface area contributed by atoms with E-state index in [9.17, 15) is 4.79 Å². The van der Waals surface area contributed by atoms with Crippen LogP contribution in [-0.4, -0.2) is 42.0 Å². The number of carbonyl (C=O) groups excluding carboxylic acids is 1. The SMILES string of the molecule is Cc1ccc2c(c1)[C@@H]1CN(C)CC[C@@H]1N2C(=O)c1ccc2ccccc2n1. The van der Waals surface area contributed by atoms with Crippen molar-refractivity contribution in [2.75, 3.05) is 25.0 Å². The van der Waals surface area contributed by atoms with Gasteiger partial charge in [0.1, 0.15) is 5.69 Å². The van der Waals surface area contributed by atoms with Gasteiger partial charge in [0.05, 0.1) is 5.52 Å². The van der Waals surface area contributed by atoms with Crippen LogP contribution in [0.1, 0.15) is 34.0 Å². The Hall–Kier alpha value is -2.72. The number of likely N-dealkylation sites (tertiary alicyclic amines) is 1. The molecule has 2 atom stereocenters. The summed E-state index contributed by atoms with van der Waals surface area (Å²) in [5.41, 5.74) is 5.01. The molecule has 4 nitrogen and oxygen atoms in total. The molecule has 1 fully saturated rings. The number of pyridine rings is 1. The molecule has 4 heteroatoms. The lowest BCUT2D eigenvalue weighted by molar-refractivity contribution is 0.0960. The molecule has 2 aromatic carbocycles. The molecule has 0 saturated carbocycles. The molecule has 136 valence electrons. The van der Waals surface area contributed by atoms with Crippen LogP contribution in [0.25, 0.3) is 10.9 Å². The van der Waals surface area contributed by atoms with Crippen molar-refractivity contribution in [3.05, 3.63) is 71.4 Å². The van der Waals surface area contributed by atoms with Gasteiger partial charge in [-0.2, -0.15) is 0 Å². The van der Waals surface area contributed by atoms with E-state index < -0.39 is 0 Å². The lowest BCUT2D eigenvalue weighted by atomic mass is 9.89. The third kappa shape index (κ3) is 2.63. The number of hydrogen-bond acceptors (Lipinski definition) is 3. The third-order valence-corrected chi connectivity index (χ3v) is 5.99. The second-order valence-corrected chi connectivity index (χ2v) is 7.85. The molecule has 3 aromatic rings. The van der Waals surface area contributed by atoms with Gasteiger partial charge in [0, 0.05) is 29.6 Å². The van der Waals surface area contributed by atoms with Crippen LogP contribution in [0.2, 0.25) is 0 Å². The number of para-hydroxylation sites is 1. The standard InChI is InChI=1S/C23H23N3O/c1-15-7-10-21-17(13-15)18-14-25(2)12-11-22(18)26(21)23(27)20-9-8-16-5-3-4-6-19(16)24-20/h3-10,13,18,22H,11-12,14H2,1-2H3/t18-,22-/m0/s1. The number of aryl methyl sites for hydroxylation is 1. The summed E-state index contributed by atoms with van der Waals surface area (Å²) in [6.45, 7) is 4.14. The average molecular weight is 357 g/mol. The highest BCUT2D eigenvalue weighted by atomic mass is 16.2. The zero-order valence-corrected chi connectivity index (χ0v) is 15.7. The summed E-state index contributed by atoms with van der Waals surface area (Å²) in [5.74, 6) is 0.394. The second kappa shape index (κ2) is 6.17. The Bertz CT molecular complexity index is 1040. The zero-order chi connectivity index (χ0) is 18.5. The van der Waals surface area contributed by atoms with Crippen molar-refractivity contribution in [3.8, 4) is 0 Å². The predicted molar refractivity (Wildman–Crippen MR) is 108 cm³/mol. The first-order valence-electron chi connectivity index (χ1n) is 9.60. The number of anilines is 1. The Kier molecular flexibility index (Phi) is 3.76. The fourth-order valence-electron chi connectivity index (χ4n) is 4.65. The van der Waals surface area contributed by atoms with E-state index in [1.54, 1.807) is 0 Å². The third-order valence-electron chi connectivity index (χ3n) is 5.99. The van der Waals surface area contributed by atoms with E-state index in [1.807, 2.05) is 41.3 Å². The maximum Gasteiger partial charge on any atom is 0.277 e. The fourth-order valence-corrected chi connectivity index (χ4v) is 4.65. The Morgan fingerprint density at radius 3 is 2.85 bits per heavy atom. The summed E-state index contributed by atoms with van der Waals surface area (Å²) in [5, 5.41) is 1.06. The Labute approximate surface area is 159 Å². The van der Waals surface area contributed by atoms with Crippen LogP contribution in [-0.2, 0) is 0 Å². The maximum atomic E-state index is 13.5. The number of nitrogens with zero attached hydrogens (tertiary/aromatic N) is 3. The van der Waals surface area contributed by atoms with E-state index in [1.165, 1.54) is 11.1 Å². The summed E-state index contributed by atoms with van der Waals surface area (Å²) >= 11 is 0. The van der Waals surface area contributed by atoms with Crippen LogP contribution >= 0.6 is 0 Å². The Morgan fingerprint density at radius 2 is 1.96 bits per heavy atom. The minimum atomic E-state index is 0.0166. The molecule has 0 spiro atoms. The number of fused-ring (bicyclic) bond motifs is 4. The van der Waals surface area contributed by atoms with E-state index in [0.717, 1.165) is 36.1 Å². The van der Waals surface area contributed by atoms with E-state index in [4.69, 9.17) is 0 Å². The molecule has 3 heterocycles. The maximum absolute atomic E-state index is 13.5. The van der Waals surface area contributed by atoms with Crippen LogP contribution in [0.3, 0.4) is 0 Å². The number of hydrogen-bond donors (Lipinski definition) is 0. The molecule has 0 radical (unpaired) electrons. The van der Waals surface area contributed by atoms with Crippen LogP contribution < -0.4 is 4.90 Å². The summed E-state index contributed by atoms with van der Waals surface area (Å²) in [4.78, 5) is 22.6. The summed E-state index contributed by atoms with van der Waals surface area (Å²) in [7, 11) is 2.17. The molecule has 0 bridgehead atoms. The first kappa shape index (κ1) is 16.5. The monoisotopic (exact) mass is 357 g/mol. The number of amides is 1. The molecule has 2 aliphatic heterocycles. The summed E-state index contributed by atoms with van der Waals surface area (Å²) in [6.07, 6.45) is 0.994. The quantitative estimate of drug-likeness (QED) is 0.661. The second-order valence-electron chi connectivity index (χ2n) is 7.85.